The van der Waals surface area contributed by atoms with E-state index in [4.69, 9.17) is 4.74 Å². The molecule has 0 bridgehead atoms. The first-order chi connectivity index (χ1) is 16.5. The molecule has 2 atom stereocenters. The van der Waals surface area contributed by atoms with Gasteiger partial charge in [-0.1, -0.05) is 6.92 Å². The Bertz CT molecular complexity index is 1090. The number of nitrogens with one attached hydrogen (secondary N) is 1. The maximum atomic E-state index is 13.0. The number of ether oxygens (including phenoxy) is 1. The summed E-state index contributed by atoms with van der Waals surface area (Å²) < 4.78 is 31.2. The summed E-state index contributed by atoms with van der Waals surface area (Å²) in [6.07, 6.45) is 7.69. The van der Waals surface area contributed by atoms with Gasteiger partial charge in [-0.15, -0.1) is 0 Å². The standard InChI is InChI=1S/C26H34N4O3S/c1-3-20-18-23(14-17-29(20)22-12-15-28-16-13-22)30(19-27)21-4-8-25(9-5-21)34(31,32)26-10-6-24(33-2)7-11-26/h4-11,20,22-23,28H,3,12-18H2,1-2H3. The molecule has 0 radical (unpaired) electrons. The van der Waals surface area contributed by atoms with Crippen molar-refractivity contribution >= 4 is 15.5 Å². The Morgan fingerprint density at radius 1 is 1.06 bits per heavy atom. The molecule has 2 saturated heterocycles. The van der Waals surface area contributed by atoms with E-state index in [1.165, 1.54) is 12.8 Å². The number of methoxy groups -OCH3 is 1. The van der Waals surface area contributed by atoms with Crippen molar-refractivity contribution in [3.63, 3.8) is 0 Å². The Kier molecular flexibility index (Phi) is 7.77. The van der Waals surface area contributed by atoms with Crippen LogP contribution >= 0.6 is 0 Å². The summed E-state index contributed by atoms with van der Waals surface area (Å²) in [6, 6.07) is 14.3. The van der Waals surface area contributed by atoms with Gasteiger partial charge >= 0.3 is 0 Å². The first-order valence-electron chi connectivity index (χ1n) is 12.1. The Morgan fingerprint density at radius 2 is 1.68 bits per heavy atom. The van der Waals surface area contributed by atoms with E-state index in [1.54, 1.807) is 60.5 Å². The fraction of sp³-hybridized carbons (Fsp3) is 0.500. The molecule has 34 heavy (non-hydrogen) atoms. The molecule has 2 heterocycles. The quantitative estimate of drug-likeness (QED) is 0.474. The van der Waals surface area contributed by atoms with Gasteiger partial charge in [0.2, 0.25) is 9.84 Å². The third-order valence-corrected chi connectivity index (χ3v) is 9.04. The van der Waals surface area contributed by atoms with E-state index < -0.39 is 9.84 Å². The van der Waals surface area contributed by atoms with Gasteiger partial charge in [0, 0.05) is 24.7 Å². The maximum Gasteiger partial charge on any atom is 0.206 e. The third-order valence-electron chi connectivity index (χ3n) is 7.25. The monoisotopic (exact) mass is 482 g/mol. The zero-order chi connectivity index (χ0) is 24.1. The molecule has 7 nitrogen and oxygen atoms in total. The normalized spacial score (nSPS) is 22.1. The predicted molar refractivity (Wildman–Crippen MR) is 133 cm³/mol. The fourth-order valence-electron chi connectivity index (χ4n) is 5.33. The summed E-state index contributed by atoms with van der Waals surface area (Å²) in [5.74, 6) is 0.607. The average Bonchev–Trinajstić information content (AvgIpc) is 2.90. The van der Waals surface area contributed by atoms with E-state index in [2.05, 4.69) is 23.3 Å². The fourth-order valence-corrected chi connectivity index (χ4v) is 6.59. The molecule has 2 aliphatic heterocycles. The molecular weight excluding hydrogens is 448 g/mol. The van der Waals surface area contributed by atoms with Crippen molar-refractivity contribution in [2.75, 3.05) is 31.6 Å². The molecule has 2 aromatic carbocycles. The number of hydrogen-bond acceptors (Lipinski definition) is 7. The molecule has 8 heteroatoms. The van der Waals surface area contributed by atoms with E-state index in [9.17, 15) is 13.7 Å². The minimum Gasteiger partial charge on any atom is -0.497 e. The van der Waals surface area contributed by atoms with Crippen molar-refractivity contribution in [2.24, 2.45) is 0 Å². The molecule has 182 valence electrons. The zero-order valence-electron chi connectivity index (χ0n) is 20.0. The number of benzene rings is 2. The van der Waals surface area contributed by atoms with Crippen molar-refractivity contribution in [3.05, 3.63) is 48.5 Å². The van der Waals surface area contributed by atoms with Crippen LogP contribution in [0.15, 0.2) is 58.3 Å². The minimum absolute atomic E-state index is 0.122. The second-order valence-electron chi connectivity index (χ2n) is 9.10. The van der Waals surface area contributed by atoms with Crippen molar-refractivity contribution in [3.8, 4) is 11.9 Å². The molecule has 0 aromatic heterocycles. The Balaban J connectivity index is 1.48. The summed E-state index contributed by atoms with van der Waals surface area (Å²) in [6.45, 7) is 5.39. The number of rotatable bonds is 7. The predicted octanol–water partition coefficient (Wildman–Crippen LogP) is 3.81. The number of nitrogens with zero attached hydrogens (tertiary/aromatic N) is 3. The van der Waals surface area contributed by atoms with Crippen molar-refractivity contribution in [2.45, 2.75) is 66.9 Å². The lowest BCUT2D eigenvalue weighted by atomic mass is 9.90. The molecule has 2 fully saturated rings. The smallest absolute Gasteiger partial charge is 0.206 e. The minimum atomic E-state index is -3.64. The van der Waals surface area contributed by atoms with Gasteiger partial charge in [0.25, 0.3) is 0 Å². The summed E-state index contributed by atoms with van der Waals surface area (Å²) in [7, 11) is -2.09. The van der Waals surface area contributed by atoms with Crippen molar-refractivity contribution in [1.29, 1.82) is 5.26 Å². The lowest BCUT2D eigenvalue weighted by Crippen LogP contribution is -2.54. The number of anilines is 1. The van der Waals surface area contributed by atoms with Crippen molar-refractivity contribution < 1.29 is 13.2 Å². The second kappa shape index (κ2) is 10.8. The van der Waals surface area contributed by atoms with Gasteiger partial charge in [0.1, 0.15) is 5.75 Å². The van der Waals surface area contributed by atoms with Crippen LogP contribution in [0.2, 0.25) is 0 Å². The van der Waals surface area contributed by atoms with Crippen LogP contribution in [-0.4, -0.2) is 58.2 Å². The van der Waals surface area contributed by atoms with Crippen molar-refractivity contribution in [1.82, 2.24) is 10.2 Å². The number of hydrogen-bond donors (Lipinski definition) is 1. The lowest BCUT2D eigenvalue weighted by molar-refractivity contribution is 0.0664. The SMILES string of the molecule is CCC1CC(N(C#N)c2ccc(S(=O)(=O)c3ccc(OC)cc3)cc2)CCN1C1CCNCC1. The van der Waals surface area contributed by atoms with Crippen LogP contribution in [0.3, 0.4) is 0 Å². The average molecular weight is 483 g/mol. The highest BCUT2D eigenvalue weighted by atomic mass is 32.2. The molecule has 2 aromatic rings. The van der Waals surface area contributed by atoms with Crippen LogP contribution in [0.1, 0.15) is 39.0 Å². The molecular formula is C26H34N4O3S. The van der Waals surface area contributed by atoms with E-state index in [1.807, 2.05) is 0 Å². The molecule has 0 spiro atoms. The highest BCUT2D eigenvalue weighted by Crippen LogP contribution is 2.32. The highest BCUT2D eigenvalue weighted by Gasteiger charge is 2.35. The van der Waals surface area contributed by atoms with Gasteiger partial charge < -0.3 is 10.1 Å². The summed E-state index contributed by atoms with van der Waals surface area (Å²) in [4.78, 5) is 4.87. The maximum absolute atomic E-state index is 13.0. The van der Waals surface area contributed by atoms with E-state index in [0.717, 1.165) is 44.6 Å². The number of nitriles is 1. The van der Waals surface area contributed by atoms with Gasteiger partial charge in [-0.3, -0.25) is 9.80 Å². The van der Waals surface area contributed by atoms with Gasteiger partial charge in [-0.25, -0.2) is 8.42 Å². The van der Waals surface area contributed by atoms with Gasteiger partial charge in [-0.05, 0) is 93.7 Å². The number of likely N-dealkylation sites (tertiary alicyclic amines) is 1. The molecule has 4 rings (SSSR count). The zero-order valence-corrected chi connectivity index (χ0v) is 20.8. The first kappa shape index (κ1) is 24.5. The second-order valence-corrected chi connectivity index (χ2v) is 11.1. The van der Waals surface area contributed by atoms with Crippen LogP contribution in [0.5, 0.6) is 5.75 Å². The molecule has 0 aliphatic carbocycles. The van der Waals surface area contributed by atoms with E-state index in [-0.39, 0.29) is 15.8 Å². The van der Waals surface area contributed by atoms with E-state index in [0.29, 0.717) is 17.8 Å². The van der Waals surface area contributed by atoms with Crippen LogP contribution in [0, 0.1) is 11.5 Å². The van der Waals surface area contributed by atoms with Crippen LogP contribution in [0.25, 0.3) is 0 Å². The third kappa shape index (κ3) is 5.07. The summed E-state index contributed by atoms with van der Waals surface area (Å²) >= 11 is 0. The molecule has 2 unspecified atom stereocenters. The number of sulfone groups is 1. The molecule has 0 amide bonds. The summed E-state index contributed by atoms with van der Waals surface area (Å²) in [5.41, 5.74) is 0.742. The first-order valence-corrected chi connectivity index (χ1v) is 13.6. The number of piperidine rings is 2. The molecule has 2 aliphatic rings. The van der Waals surface area contributed by atoms with Gasteiger partial charge in [0.15, 0.2) is 6.19 Å². The lowest BCUT2D eigenvalue weighted by Gasteiger charge is -2.46. The summed E-state index contributed by atoms with van der Waals surface area (Å²) in [5, 5.41) is 13.4. The molecule has 1 N–H and O–H groups in total. The van der Waals surface area contributed by atoms with Crippen LogP contribution < -0.4 is 15.0 Å². The van der Waals surface area contributed by atoms with Crippen LogP contribution in [-0.2, 0) is 9.84 Å². The Hall–Kier alpha value is -2.60. The Labute approximate surface area is 203 Å². The molecule has 0 saturated carbocycles. The topological polar surface area (TPSA) is 85.7 Å². The largest absolute Gasteiger partial charge is 0.497 e. The van der Waals surface area contributed by atoms with E-state index >= 15 is 0 Å². The van der Waals surface area contributed by atoms with Gasteiger partial charge in [0.05, 0.1) is 22.6 Å². The van der Waals surface area contributed by atoms with Crippen LogP contribution in [0.4, 0.5) is 5.69 Å². The Morgan fingerprint density at radius 3 is 2.24 bits per heavy atom. The van der Waals surface area contributed by atoms with Gasteiger partial charge in [-0.2, -0.15) is 5.26 Å². The highest BCUT2D eigenvalue weighted by molar-refractivity contribution is 7.91.